The van der Waals surface area contributed by atoms with Crippen LogP contribution in [0.5, 0.6) is 11.5 Å². The van der Waals surface area contributed by atoms with E-state index in [2.05, 4.69) is 43.3 Å². The molecule has 0 unspecified atom stereocenters. The highest BCUT2D eigenvalue weighted by atomic mass is 16.6. The van der Waals surface area contributed by atoms with E-state index in [9.17, 15) is 4.79 Å². The van der Waals surface area contributed by atoms with Gasteiger partial charge in [0.2, 0.25) is 0 Å². The number of rotatable bonds is 9. The minimum atomic E-state index is -0.386. The molecule has 0 fully saturated rings. The zero-order valence-corrected chi connectivity index (χ0v) is 20.1. The summed E-state index contributed by atoms with van der Waals surface area (Å²) < 4.78 is 12.4. The summed E-state index contributed by atoms with van der Waals surface area (Å²) >= 11 is 0. The molecule has 0 saturated heterocycles. The van der Waals surface area contributed by atoms with Crippen LogP contribution in [-0.4, -0.2) is 12.6 Å². The maximum Gasteiger partial charge on any atom is 0.343 e. The van der Waals surface area contributed by atoms with Gasteiger partial charge in [-0.05, 0) is 57.6 Å². The molecule has 5 rings (SSSR count). The molecule has 0 amide bonds. The second kappa shape index (κ2) is 10.6. The fourth-order valence-corrected chi connectivity index (χ4v) is 4.77. The molecule has 0 bridgehead atoms. The molecular formula is C32H30O3. The van der Waals surface area contributed by atoms with E-state index in [1.807, 2.05) is 42.5 Å². The van der Waals surface area contributed by atoms with Crippen molar-refractivity contribution in [2.24, 2.45) is 0 Å². The highest BCUT2D eigenvalue weighted by Gasteiger charge is 2.20. The molecule has 0 aliphatic rings. The van der Waals surface area contributed by atoms with E-state index in [1.165, 1.54) is 24.6 Å². The molecule has 0 heterocycles. The summed E-state index contributed by atoms with van der Waals surface area (Å²) in [6.07, 6.45) is 5.78. The van der Waals surface area contributed by atoms with Crippen LogP contribution in [0.15, 0.2) is 91.0 Å². The maximum atomic E-state index is 13.2. The van der Waals surface area contributed by atoms with Gasteiger partial charge in [-0.25, -0.2) is 4.79 Å². The summed E-state index contributed by atoms with van der Waals surface area (Å²) in [4.78, 5) is 13.2. The molecule has 5 aromatic carbocycles. The molecule has 0 aliphatic carbocycles. The van der Waals surface area contributed by atoms with Gasteiger partial charge in [0.15, 0.2) is 11.5 Å². The minimum Gasteiger partial charge on any atom is -0.490 e. The Morgan fingerprint density at radius 2 is 1.20 bits per heavy atom. The first-order chi connectivity index (χ1) is 17.3. The molecule has 35 heavy (non-hydrogen) atoms. The number of carbonyl (C=O) groups is 1. The van der Waals surface area contributed by atoms with E-state index in [0.29, 0.717) is 23.7 Å². The molecular weight excluding hydrogens is 432 g/mol. The Morgan fingerprint density at radius 3 is 1.89 bits per heavy atom. The molecule has 0 saturated carbocycles. The third-order valence-electron chi connectivity index (χ3n) is 6.54. The van der Waals surface area contributed by atoms with Gasteiger partial charge < -0.3 is 9.47 Å². The molecule has 176 valence electrons. The van der Waals surface area contributed by atoms with E-state index in [1.54, 1.807) is 12.1 Å². The van der Waals surface area contributed by atoms with Crippen LogP contribution in [0.3, 0.4) is 0 Å². The molecule has 0 N–H and O–H groups in total. The quantitative estimate of drug-likeness (QED) is 0.0951. The van der Waals surface area contributed by atoms with E-state index in [0.717, 1.165) is 39.8 Å². The fraction of sp³-hybridized carbons (Fsp3) is 0.219. The van der Waals surface area contributed by atoms with Crippen molar-refractivity contribution in [2.45, 2.75) is 39.0 Å². The summed E-state index contributed by atoms with van der Waals surface area (Å²) in [7, 11) is 0. The van der Waals surface area contributed by atoms with E-state index >= 15 is 0 Å². The van der Waals surface area contributed by atoms with Crippen LogP contribution in [-0.2, 0) is 0 Å². The molecule has 3 nitrogen and oxygen atoms in total. The summed E-state index contributed by atoms with van der Waals surface area (Å²) in [5.41, 5.74) is 0.514. The Kier molecular flexibility index (Phi) is 6.94. The first-order valence-electron chi connectivity index (χ1n) is 12.5. The van der Waals surface area contributed by atoms with Crippen molar-refractivity contribution >= 4 is 38.3 Å². The molecule has 0 aromatic heterocycles. The van der Waals surface area contributed by atoms with Gasteiger partial charge in [0.25, 0.3) is 0 Å². The number of hydrogen-bond donors (Lipinski definition) is 0. The highest BCUT2D eigenvalue weighted by Crippen LogP contribution is 2.44. The van der Waals surface area contributed by atoms with Crippen molar-refractivity contribution in [3.63, 3.8) is 0 Å². The van der Waals surface area contributed by atoms with Crippen LogP contribution in [0.25, 0.3) is 32.3 Å². The van der Waals surface area contributed by atoms with Gasteiger partial charge in [0.1, 0.15) is 0 Å². The lowest BCUT2D eigenvalue weighted by Gasteiger charge is -2.17. The van der Waals surface area contributed by atoms with Crippen molar-refractivity contribution in [1.29, 1.82) is 0 Å². The van der Waals surface area contributed by atoms with Gasteiger partial charge in [-0.1, -0.05) is 99.3 Å². The zero-order chi connectivity index (χ0) is 24.0. The largest absolute Gasteiger partial charge is 0.490 e. The molecule has 5 aromatic rings. The number of fused-ring (bicyclic) bond motifs is 6. The lowest BCUT2D eigenvalue weighted by molar-refractivity contribution is 0.0730. The van der Waals surface area contributed by atoms with E-state index < -0.39 is 0 Å². The third kappa shape index (κ3) is 4.72. The first-order valence-corrected chi connectivity index (χ1v) is 12.5. The smallest absolute Gasteiger partial charge is 0.343 e. The topological polar surface area (TPSA) is 35.5 Å². The van der Waals surface area contributed by atoms with Gasteiger partial charge in [0.05, 0.1) is 12.2 Å². The standard InChI is InChI=1S/C32H30O3/c1-2-3-4-5-13-22-34-29-21-20-28-26-18-10-9-16-24(26)25-17-11-12-19-27(25)30(28)31(29)35-32(33)23-14-7-6-8-15-23/h6-12,14-21H,2-5,13,22H2,1H3. The van der Waals surface area contributed by atoms with Crippen molar-refractivity contribution in [3.8, 4) is 11.5 Å². The van der Waals surface area contributed by atoms with Crippen LogP contribution in [0.2, 0.25) is 0 Å². The predicted molar refractivity (Wildman–Crippen MR) is 145 cm³/mol. The first kappa shape index (κ1) is 22.9. The second-order valence-electron chi connectivity index (χ2n) is 8.92. The molecule has 0 radical (unpaired) electrons. The number of benzene rings is 5. The van der Waals surface area contributed by atoms with Gasteiger partial charge in [-0.3, -0.25) is 0 Å². The number of hydrogen-bond acceptors (Lipinski definition) is 3. The van der Waals surface area contributed by atoms with Crippen molar-refractivity contribution < 1.29 is 14.3 Å². The van der Waals surface area contributed by atoms with Crippen LogP contribution < -0.4 is 9.47 Å². The summed E-state index contributed by atoms with van der Waals surface area (Å²) in [6, 6.07) is 29.8. The number of carbonyl (C=O) groups excluding carboxylic acids is 1. The van der Waals surface area contributed by atoms with Crippen molar-refractivity contribution in [3.05, 3.63) is 96.6 Å². The maximum absolute atomic E-state index is 13.2. The predicted octanol–water partition coefficient (Wildman–Crippen LogP) is 8.71. The SMILES string of the molecule is CCCCCCCOc1ccc2c3ccccc3c3ccccc3c2c1OC(=O)c1ccccc1. The average Bonchev–Trinajstić information content (AvgIpc) is 2.92. The molecule has 3 heteroatoms. The Bertz CT molecular complexity index is 1440. The van der Waals surface area contributed by atoms with Crippen LogP contribution in [0.1, 0.15) is 49.4 Å². The lowest BCUT2D eigenvalue weighted by atomic mass is 9.93. The molecule has 0 aliphatic heterocycles. The van der Waals surface area contributed by atoms with Gasteiger partial charge >= 0.3 is 5.97 Å². The van der Waals surface area contributed by atoms with Crippen LogP contribution in [0, 0.1) is 0 Å². The Morgan fingerprint density at radius 1 is 0.629 bits per heavy atom. The second-order valence-corrected chi connectivity index (χ2v) is 8.92. The Balaban J connectivity index is 1.65. The van der Waals surface area contributed by atoms with Gasteiger partial charge in [-0.15, -0.1) is 0 Å². The Labute approximate surface area is 206 Å². The minimum absolute atomic E-state index is 0.386. The van der Waals surface area contributed by atoms with Crippen LogP contribution >= 0.6 is 0 Å². The summed E-state index contributed by atoms with van der Waals surface area (Å²) in [6.45, 7) is 2.81. The van der Waals surface area contributed by atoms with E-state index in [4.69, 9.17) is 9.47 Å². The number of ether oxygens (including phenoxy) is 2. The summed E-state index contributed by atoms with van der Waals surface area (Å²) in [5, 5.41) is 6.44. The van der Waals surface area contributed by atoms with E-state index in [-0.39, 0.29) is 5.97 Å². The number of unbranched alkanes of at least 4 members (excludes halogenated alkanes) is 4. The monoisotopic (exact) mass is 462 g/mol. The van der Waals surface area contributed by atoms with Crippen molar-refractivity contribution in [1.82, 2.24) is 0 Å². The highest BCUT2D eigenvalue weighted by molar-refractivity contribution is 6.27. The lowest BCUT2D eigenvalue weighted by Crippen LogP contribution is -2.10. The third-order valence-corrected chi connectivity index (χ3v) is 6.54. The molecule has 0 atom stereocenters. The summed E-state index contributed by atoms with van der Waals surface area (Å²) in [5.74, 6) is 0.715. The fourth-order valence-electron chi connectivity index (χ4n) is 4.77. The number of esters is 1. The van der Waals surface area contributed by atoms with Crippen LogP contribution in [0.4, 0.5) is 0 Å². The van der Waals surface area contributed by atoms with Gasteiger partial charge in [-0.2, -0.15) is 0 Å². The Hall–Kier alpha value is -3.85. The van der Waals surface area contributed by atoms with Crippen molar-refractivity contribution in [2.75, 3.05) is 6.61 Å². The zero-order valence-electron chi connectivity index (χ0n) is 20.1. The molecule has 0 spiro atoms. The normalized spacial score (nSPS) is 11.2. The van der Waals surface area contributed by atoms with Gasteiger partial charge in [0, 0.05) is 5.39 Å². The average molecular weight is 463 g/mol.